The number of aliphatic hydroxyl groups is 1. The van der Waals surface area contributed by atoms with Gasteiger partial charge < -0.3 is 5.11 Å². The highest BCUT2D eigenvalue weighted by molar-refractivity contribution is 4.54. The third-order valence-corrected chi connectivity index (χ3v) is 1.65. The fourth-order valence-electron chi connectivity index (χ4n) is 1.14. The largest absolute Gasteiger partial charge is 0.396 e. The summed E-state index contributed by atoms with van der Waals surface area (Å²) in [4.78, 5) is 0. The van der Waals surface area contributed by atoms with Gasteiger partial charge in [-0.05, 0) is 18.8 Å². The van der Waals surface area contributed by atoms with Crippen LogP contribution in [0.5, 0.6) is 0 Å². The van der Waals surface area contributed by atoms with Gasteiger partial charge in [0.05, 0.1) is 0 Å². The van der Waals surface area contributed by atoms with E-state index in [-0.39, 0.29) is 0 Å². The molecular weight excluding hydrogens is 148 g/mol. The predicted octanol–water partition coefficient (Wildman–Crippen LogP) is 3.61. The molecule has 1 N–H and O–H groups in total. The summed E-state index contributed by atoms with van der Waals surface area (Å²) in [5.41, 5.74) is 0. The lowest BCUT2D eigenvalue weighted by Crippen LogP contribution is -2.04. The SMILES string of the molecule is CCC.CCCC(CO)CCC. The van der Waals surface area contributed by atoms with Crippen LogP contribution < -0.4 is 0 Å². The molecule has 0 aromatic heterocycles. The molecule has 0 rings (SSSR count). The molecule has 12 heavy (non-hydrogen) atoms. The van der Waals surface area contributed by atoms with Crippen LogP contribution in [-0.4, -0.2) is 11.7 Å². The predicted molar refractivity (Wildman–Crippen MR) is 56.4 cm³/mol. The first-order chi connectivity index (χ1) is 5.76. The Kier molecular flexibility index (Phi) is 16.3. The molecule has 0 saturated carbocycles. The number of hydrogen-bond acceptors (Lipinski definition) is 1. The first-order valence-electron chi connectivity index (χ1n) is 5.37. The van der Waals surface area contributed by atoms with Crippen LogP contribution in [-0.2, 0) is 0 Å². The zero-order chi connectivity index (χ0) is 9.82. The third-order valence-electron chi connectivity index (χ3n) is 1.65. The van der Waals surface area contributed by atoms with Crippen molar-refractivity contribution in [3.63, 3.8) is 0 Å². The topological polar surface area (TPSA) is 20.2 Å². The van der Waals surface area contributed by atoms with E-state index in [1.807, 2.05) is 0 Å². The smallest absolute Gasteiger partial charge is 0.0459 e. The molecule has 0 amide bonds. The molecule has 0 aromatic rings. The summed E-state index contributed by atoms with van der Waals surface area (Å²) >= 11 is 0. The van der Waals surface area contributed by atoms with Gasteiger partial charge >= 0.3 is 0 Å². The van der Waals surface area contributed by atoms with Gasteiger partial charge in [-0.2, -0.15) is 0 Å². The van der Waals surface area contributed by atoms with E-state index in [0.29, 0.717) is 12.5 Å². The maximum absolute atomic E-state index is 8.79. The molecular formula is C11H26O. The molecule has 0 heterocycles. The van der Waals surface area contributed by atoms with Crippen molar-refractivity contribution in [1.29, 1.82) is 0 Å². The Labute approximate surface area is 78.2 Å². The van der Waals surface area contributed by atoms with Crippen LogP contribution in [0.25, 0.3) is 0 Å². The summed E-state index contributed by atoms with van der Waals surface area (Å²) in [6, 6.07) is 0. The van der Waals surface area contributed by atoms with Gasteiger partial charge in [-0.25, -0.2) is 0 Å². The van der Waals surface area contributed by atoms with Gasteiger partial charge in [0.1, 0.15) is 0 Å². The van der Waals surface area contributed by atoms with Crippen molar-refractivity contribution in [3.8, 4) is 0 Å². The van der Waals surface area contributed by atoms with E-state index in [1.54, 1.807) is 0 Å². The standard InChI is InChI=1S/C8H18O.C3H8/c1-3-5-8(7-9)6-4-2;1-3-2/h8-9H,3-7H2,1-2H3;3H2,1-2H3. The van der Waals surface area contributed by atoms with Gasteiger partial charge in [0.25, 0.3) is 0 Å². The van der Waals surface area contributed by atoms with Crippen molar-refractivity contribution in [2.24, 2.45) is 5.92 Å². The Bertz CT molecular complexity index is 56.0. The van der Waals surface area contributed by atoms with Crippen molar-refractivity contribution in [3.05, 3.63) is 0 Å². The molecule has 0 radical (unpaired) electrons. The highest BCUT2D eigenvalue weighted by atomic mass is 16.3. The van der Waals surface area contributed by atoms with Crippen LogP contribution in [0.4, 0.5) is 0 Å². The molecule has 0 spiro atoms. The minimum atomic E-state index is 0.377. The van der Waals surface area contributed by atoms with E-state index in [2.05, 4.69) is 27.7 Å². The van der Waals surface area contributed by atoms with Gasteiger partial charge in [0.15, 0.2) is 0 Å². The van der Waals surface area contributed by atoms with E-state index in [1.165, 1.54) is 32.1 Å². The highest BCUT2D eigenvalue weighted by Gasteiger charge is 2.02. The zero-order valence-electron chi connectivity index (χ0n) is 9.27. The first kappa shape index (κ1) is 14.5. The van der Waals surface area contributed by atoms with Crippen LogP contribution in [0.1, 0.15) is 59.8 Å². The summed E-state index contributed by atoms with van der Waals surface area (Å²) in [7, 11) is 0. The van der Waals surface area contributed by atoms with Crippen LogP contribution >= 0.6 is 0 Å². The average Bonchev–Trinajstić information content (AvgIpc) is 2.05. The Hall–Kier alpha value is -0.0400. The second kappa shape index (κ2) is 13.5. The van der Waals surface area contributed by atoms with Crippen molar-refractivity contribution >= 4 is 0 Å². The maximum atomic E-state index is 8.79. The van der Waals surface area contributed by atoms with Gasteiger partial charge in [0, 0.05) is 6.61 Å². The summed E-state index contributed by atoms with van der Waals surface area (Å²) in [5, 5.41) is 8.79. The molecule has 0 unspecified atom stereocenters. The Morgan fingerprint density at radius 2 is 1.25 bits per heavy atom. The Morgan fingerprint density at radius 3 is 1.42 bits per heavy atom. The molecule has 0 aliphatic heterocycles. The number of hydrogen-bond donors (Lipinski definition) is 1. The Morgan fingerprint density at radius 1 is 0.917 bits per heavy atom. The summed E-state index contributed by atoms with van der Waals surface area (Å²) < 4.78 is 0. The van der Waals surface area contributed by atoms with Crippen molar-refractivity contribution < 1.29 is 5.11 Å². The van der Waals surface area contributed by atoms with Crippen molar-refractivity contribution in [1.82, 2.24) is 0 Å². The lowest BCUT2D eigenvalue weighted by molar-refractivity contribution is 0.209. The quantitative estimate of drug-likeness (QED) is 0.675. The molecule has 0 atom stereocenters. The normalized spacial score (nSPS) is 9.50. The highest BCUT2D eigenvalue weighted by Crippen LogP contribution is 2.11. The minimum Gasteiger partial charge on any atom is -0.396 e. The number of aliphatic hydroxyl groups excluding tert-OH is 1. The monoisotopic (exact) mass is 174 g/mol. The molecule has 0 bridgehead atoms. The van der Waals surface area contributed by atoms with Crippen molar-refractivity contribution in [2.45, 2.75) is 59.8 Å². The first-order valence-corrected chi connectivity index (χ1v) is 5.37. The lowest BCUT2D eigenvalue weighted by atomic mass is 10.00. The zero-order valence-corrected chi connectivity index (χ0v) is 9.27. The van der Waals surface area contributed by atoms with E-state index >= 15 is 0 Å². The summed E-state index contributed by atoms with van der Waals surface area (Å²) in [6.45, 7) is 8.96. The van der Waals surface area contributed by atoms with E-state index < -0.39 is 0 Å². The van der Waals surface area contributed by atoms with Gasteiger partial charge in [0.2, 0.25) is 0 Å². The van der Waals surface area contributed by atoms with Gasteiger partial charge in [-0.1, -0.05) is 47.0 Å². The molecule has 76 valence electrons. The minimum absolute atomic E-state index is 0.377. The van der Waals surface area contributed by atoms with Crippen LogP contribution in [0.3, 0.4) is 0 Å². The molecule has 0 aromatic carbocycles. The van der Waals surface area contributed by atoms with E-state index in [4.69, 9.17) is 5.11 Å². The molecule has 1 heteroatoms. The Balaban J connectivity index is 0. The summed E-state index contributed by atoms with van der Waals surface area (Å²) in [5.74, 6) is 0.569. The second-order valence-electron chi connectivity index (χ2n) is 3.33. The average molecular weight is 174 g/mol. The van der Waals surface area contributed by atoms with Gasteiger partial charge in [-0.15, -0.1) is 0 Å². The maximum Gasteiger partial charge on any atom is 0.0459 e. The van der Waals surface area contributed by atoms with Crippen LogP contribution in [0.2, 0.25) is 0 Å². The molecule has 0 saturated heterocycles. The van der Waals surface area contributed by atoms with Crippen molar-refractivity contribution in [2.75, 3.05) is 6.61 Å². The second-order valence-corrected chi connectivity index (χ2v) is 3.33. The van der Waals surface area contributed by atoms with E-state index in [9.17, 15) is 0 Å². The lowest BCUT2D eigenvalue weighted by Gasteiger charge is -2.09. The van der Waals surface area contributed by atoms with E-state index in [0.717, 1.165) is 0 Å². The van der Waals surface area contributed by atoms with Gasteiger partial charge in [-0.3, -0.25) is 0 Å². The fourth-order valence-corrected chi connectivity index (χ4v) is 1.14. The molecule has 1 nitrogen and oxygen atoms in total. The molecule has 0 aliphatic carbocycles. The molecule has 0 aliphatic rings. The van der Waals surface area contributed by atoms with Crippen LogP contribution in [0.15, 0.2) is 0 Å². The third kappa shape index (κ3) is 12.6. The van der Waals surface area contributed by atoms with Crippen LogP contribution in [0, 0.1) is 5.92 Å². The summed E-state index contributed by atoms with van der Waals surface area (Å²) in [6.07, 6.45) is 6.02. The fraction of sp³-hybridized carbons (Fsp3) is 1.00. The number of rotatable bonds is 5. The molecule has 0 fully saturated rings.